The molecule has 0 spiro atoms. The van der Waals surface area contributed by atoms with Crippen LogP contribution in [-0.4, -0.2) is 45.2 Å². The van der Waals surface area contributed by atoms with E-state index in [1.807, 2.05) is 0 Å². The van der Waals surface area contributed by atoms with E-state index < -0.39 is 6.10 Å². The van der Waals surface area contributed by atoms with E-state index in [1.165, 1.54) is 11.1 Å². The number of rotatable bonds is 3. The van der Waals surface area contributed by atoms with E-state index in [0.717, 1.165) is 11.5 Å². The van der Waals surface area contributed by atoms with E-state index in [4.69, 9.17) is 5.11 Å². The maximum absolute atomic E-state index is 11.5. The summed E-state index contributed by atoms with van der Waals surface area (Å²) >= 11 is 1.05. The number of aliphatic hydroxyl groups is 1. The third-order valence-corrected chi connectivity index (χ3v) is 2.11. The highest BCUT2D eigenvalue weighted by Gasteiger charge is 2.14. The molecule has 72 valence electrons. The number of nitrogens with zero attached hydrogens (tertiary/aromatic N) is 3. The normalized spacial score (nSPS) is 12.5. The van der Waals surface area contributed by atoms with Crippen LogP contribution in [0.5, 0.6) is 0 Å². The molecule has 0 bridgehead atoms. The molecule has 1 rings (SSSR count). The fourth-order valence-electron chi connectivity index (χ4n) is 0.929. The number of aliphatic hydroxyl groups excluding tert-OH is 1. The number of carbonyl (C=O) groups is 1. The molecule has 1 unspecified atom stereocenters. The average molecular weight is 201 g/mol. The molecule has 0 saturated carbocycles. The molecule has 0 aliphatic rings. The van der Waals surface area contributed by atoms with Gasteiger partial charge in [-0.1, -0.05) is 4.49 Å². The van der Waals surface area contributed by atoms with Crippen molar-refractivity contribution in [3.8, 4) is 0 Å². The van der Waals surface area contributed by atoms with Gasteiger partial charge < -0.3 is 10.0 Å². The lowest BCUT2D eigenvalue weighted by Gasteiger charge is -2.17. The van der Waals surface area contributed by atoms with Crippen molar-refractivity contribution in [3.05, 3.63) is 11.1 Å². The third-order valence-electron chi connectivity index (χ3n) is 1.46. The summed E-state index contributed by atoms with van der Waals surface area (Å²) in [4.78, 5) is 13.4. The molecule has 0 aliphatic heterocycles. The third kappa shape index (κ3) is 2.74. The summed E-state index contributed by atoms with van der Waals surface area (Å²) in [5.41, 5.74) is 0. The van der Waals surface area contributed by atoms with Crippen molar-refractivity contribution in [2.24, 2.45) is 0 Å². The van der Waals surface area contributed by atoms with Crippen LogP contribution in [0.25, 0.3) is 0 Å². The zero-order valence-electron chi connectivity index (χ0n) is 7.47. The SMILES string of the molecule is CC(O)CN(C)C(=O)c1cnns1. The summed E-state index contributed by atoms with van der Waals surface area (Å²) in [6.07, 6.45) is 0.903. The second-order valence-corrected chi connectivity index (χ2v) is 3.60. The van der Waals surface area contributed by atoms with Crippen LogP contribution in [0.15, 0.2) is 6.20 Å². The predicted molar refractivity (Wildman–Crippen MR) is 48.6 cm³/mol. The van der Waals surface area contributed by atoms with Crippen LogP contribution in [-0.2, 0) is 0 Å². The van der Waals surface area contributed by atoms with E-state index in [9.17, 15) is 4.79 Å². The number of hydrogen-bond acceptors (Lipinski definition) is 5. The van der Waals surface area contributed by atoms with E-state index in [0.29, 0.717) is 11.4 Å². The summed E-state index contributed by atoms with van der Waals surface area (Å²) in [7, 11) is 1.63. The molecule has 0 radical (unpaired) electrons. The first kappa shape index (κ1) is 10.1. The van der Waals surface area contributed by atoms with Gasteiger partial charge in [0.1, 0.15) is 4.88 Å². The molecule has 1 N–H and O–H groups in total. The van der Waals surface area contributed by atoms with E-state index >= 15 is 0 Å². The molecule has 0 fully saturated rings. The Hall–Kier alpha value is -1.01. The van der Waals surface area contributed by atoms with E-state index in [-0.39, 0.29) is 5.91 Å². The minimum absolute atomic E-state index is 0.157. The van der Waals surface area contributed by atoms with Gasteiger partial charge in [0, 0.05) is 13.6 Å². The summed E-state index contributed by atoms with van der Waals surface area (Å²) in [6.45, 7) is 1.95. The Morgan fingerprint density at radius 1 is 1.85 bits per heavy atom. The van der Waals surface area contributed by atoms with Crippen LogP contribution in [0.4, 0.5) is 0 Å². The molecule has 1 aromatic rings. The van der Waals surface area contributed by atoms with Gasteiger partial charge in [0.2, 0.25) is 0 Å². The van der Waals surface area contributed by atoms with Gasteiger partial charge in [-0.05, 0) is 18.5 Å². The molecular weight excluding hydrogens is 190 g/mol. The second kappa shape index (κ2) is 4.29. The standard InChI is InChI=1S/C7H11N3O2S/c1-5(11)4-10(2)7(12)6-3-8-9-13-6/h3,5,11H,4H2,1-2H3. The lowest BCUT2D eigenvalue weighted by Crippen LogP contribution is -2.32. The molecule has 0 aromatic carbocycles. The van der Waals surface area contributed by atoms with Crippen molar-refractivity contribution in [2.45, 2.75) is 13.0 Å². The molecular formula is C7H11N3O2S. The minimum Gasteiger partial charge on any atom is -0.392 e. The largest absolute Gasteiger partial charge is 0.392 e. The second-order valence-electron chi connectivity index (χ2n) is 2.82. The molecule has 6 heteroatoms. The zero-order valence-corrected chi connectivity index (χ0v) is 8.28. The smallest absolute Gasteiger partial charge is 0.267 e. The molecule has 0 saturated heterocycles. The van der Waals surface area contributed by atoms with Crippen molar-refractivity contribution in [1.82, 2.24) is 14.5 Å². The van der Waals surface area contributed by atoms with Crippen LogP contribution < -0.4 is 0 Å². The Balaban J connectivity index is 2.58. The molecule has 1 atom stereocenters. The summed E-state index contributed by atoms with van der Waals surface area (Å²) in [5, 5.41) is 12.6. The van der Waals surface area contributed by atoms with E-state index in [2.05, 4.69) is 9.59 Å². The van der Waals surface area contributed by atoms with Gasteiger partial charge in [0.05, 0.1) is 12.3 Å². The monoisotopic (exact) mass is 201 g/mol. The first-order valence-corrected chi connectivity index (χ1v) is 4.59. The fraction of sp³-hybridized carbons (Fsp3) is 0.571. The lowest BCUT2D eigenvalue weighted by molar-refractivity contribution is 0.0708. The van der Waals surface area contributed by atoms with Crippen LogP contribution in [0.3, 0.4) is 0 Å². The van der Waals surface area contributed by atoms with Gasteiger partial charge in [0.25, 0.3) is 5.91 Å². The summed E-state index contributed by atoms with van der Waals surface area (Å²) in [5.74, 6) is -0.157. The average Bonchev–Trinajstić information content (AvgIpc) is 2.53. The van der Waals surface area contributed by atoms with Crippen molar-refractivity contribution in [2.75, 3.05) is 13.6 Å². The van der Waals surface area contributed by atoms with Gasteiger partial charge in [-0.25, -0.2) is 0 Å². The number of amides is 1. The first-order valence-electron chi connectivity index (χ1n) is 3.82. The quantitative estimate of drug-likeness (QED) is 0.747. The van der Waals surface area contributed by atoms with Crippen LogP contribution >= 0.6 is 11.5 Å². The maximum atomic E-state index is 11.5. The van der Waals surface area contributed by atoms with Gasteiger partial charge in [0.15, 0.2) is 0 Å². The number of carbonyl (C=O) groups excluding carboxylic acids is 1. The Labute approximate surface area is 80.2 Å². The Morgan fingerprint density at radius 2 is 2.54 bits per heavy atom. The van der Waals surface area contributed by atoms with Gasteiger partial charge in [-0.15, -0.1) is 5.10 Å². The fourth-order valence-corrected chi connectivity index (χ4v) is 1.44. The number of aromatic nitrogens is 2. The van der Waals surface area contributed by atoms with Crippen LogP contribution in [0.2, 0.25) is 0 Å². The van der Waals surface area contributed by atoms with Crippen molar-refractivity contribution in [3.63, 3.8) is 0 Å². The van der Waals surface area contributed by atoms with Gasteiger partial charge in [-0.2, -0.15) is 0 Å². The highest BCUT2D eigenvalue weighted by molar-refractivity contribution is 7.07. The highest BCUT2D eigenvalue weighted by Crippen LogP contribution is 2.05. The number of likely N-dealkylation sites (N-methyl/N-ethyl adjacent to an activating group) is 1. The van der Waals surface area contributed by atoms with Crippen LogP contribution in [0, 0.1) is 0 Å². The Morgan fingerprint density at radius 3 is 3.00 bits per heavy atom. The first-order chi connectivity index (χ1) is 6.11. The van der Waals surface area contributed by atoms with E-state index in [1.54, 1.807) is 14.0 Å². The lowest BCUT2D eigenvalue weighted by atomic mass is 10.3. The Kier molecular flexibility index (Phi) is 3.32. The highest BCUT2D eigenvalue weighted by atomic mass is 32.1. The molecule has 5 nitrogen and oxygen atoms in total. The van der Waals surface area contributed by atoms with Gasteiger partial charge in [-0.3, -0.25) is 4.79 Å². The maximum Gasteiger partial charge on any atom is 0.267 e. The molecule has 1 heterocycles. The molecule has 0 aliphatic carbocycles. The van der Waals surface area contributed by atoms with Crippen molar-refractivity contribution in [1.29, 1.82) is 0 Å². The number of hydrogen-bond donors (Lipinski definition) is 1. The van der Waals surface area contributed by atoms with Gasteiger partial charge >= 0.3 is 0 Å². The predicted octanol–water partition coefficient (Wildman–Crippen LogP) is -0.00910. The Bertz CT molecular complexity index is 273. The van der Waals surface area contributed by atoms with Crippen LogP contribution in [0.1, 0.15) is 16.6 Å². The molecule has 1 amide bonds. The van der Waals surface area contributed by atoms with Crippen molar-refractivity contribution < 1.29 is 9.90 Å². The summed E-state index contributed by atoms with van der Waals surface area (Å²) < 4.78 is 3.59. The summed E-state index contributed by atoms with van der Waals surface area (Å²) in [6, 6.07) is 0. The zero-order chi connectivity index (χ0) is 9.84. The topological polar surface area (TPSA) is 66.3 Å². The molecule has 1 aromatic heterocycles. The molecule has 13 heavy (non-hydrogen) atoms. The van der Waals surface area contributed by atoms with Crippen molar-refractivity contribution >= 4 is 17.4 Å². The minimum atomic E-state index is -0.519.